The van der Waals surface area contributed by atoms with Gasteiger partial charge in [-0.15, -0.1) is 0 Å². The summed E-state index contributed by atoms with van der Waals surface area (Å²) in [4.78, 5) is 13.5. The van der Waals surface area contributed by atoms with Gasteiger partial charge in [-0.2, -0.15) is 0 Å². The Morgan fingerprint density at radius 3 is 3.00 bits per heavy atom. The fraction of sp³-hybridized carbons (Fsp3) is 0.462. The molecule has 5 heteroatoms. The maximum atomic E-state index is 11.7. The van der Waals surface area contributed by atoms with Gasteiger partial charge in [-0.25, -0.2) is 0 Å². The summed E-state index contributed by atoms with van der Waals surface area (Å²) in [5.74, 6) is 0.145. The number of carbonyl (C=O) groups is 1. The van der Waals surface area contributed by atoms with Crippen LogP contribution in [0.5, 0.6) is 0 Å². The molecule has 5 nitrogen and oxygen atoms in total. The van der Waals surface area contributed by atoms with Gasteiger partial charge in [-0.3, -0.25) is 4.79 Å². The number of aliphatic hydroxyl groups excluding tert-OH is 1. The zero-order valence-corrected chi connectivity index (χ0v) is 10.5. The molecule has 0 fully saturated rings. The number of amides is 1. The fourth-order valence-corrected chi connectivity index (χ4v) is 2.16. The van der Waals surface area contributed by atoms with Crippen LogP contribution in [-0.4, -0.2) is 36.8 Å². The lowest BCUT2D eigenvalue weighted by Gasteiger charge is -2.15. The van der Waals surface area contributed by atoms with Crippen molar-refractivity contribution >= 4 is 17.3 Å². The summed E-state index contributed by atoms with van der Waals surface area (Å²) in [6.45, 7) is 3.32. The Labute approximate surface area is 107 Å². The van der Waals surface area contributed by atoms with Gasteiger partial charge in [0.2, 0.25) is 5.91 Å². The minimum absolute atomic E-state index is 0.145. The lowest BCUT2D eigenvalue weighted by atomic mass is 10.1. The number of likely N-dealkylation sites (N-methyl/N-ethyl adjacent to an activating group) is 1. The molecule has 1 heterocycles. The summed E-state index contributed by atoms with van der Waals surface area (Å²) in [7, 11) is 0. The minimum atomic E-state index is -0.549. The largest absolute Gasteiger partial charge is 0.390 e. The van der Waals surface area contributed by atoms with E-state index in [1.54, 1.807) is 4.90 Å². The van der Waals surface area contributed by atoms with E-state index in [1.165, 1.54) is 0 Å². The predicted molar refractivity (Wildman–Crippen MR) is 71.7 cm³/mol. The molecule has 0 aliphatic carbocycles. The first kappa shape index (κ1) is 12.9. The third-order valence-corrected chi connectivity index (χ3v) is 3.14. The molecular formula is C13H19N3O2. The molecule has 98 valence electrons. The van der Waals surface area contributed by atoms with Crippen LogP contribution < -0.4 is 16.0 Å². The van der Waals surface area contributed by atoms with Gasteiger partial charge in [-0.05, 0) is 30.7 Å². The van der Waals surface area contributed by atoms with Crippen molar-refractivity contribution < 1.29 is 9.90 Å². The van der Waals surface area contributed by atoms with Crippen LogP contribution in [0, 0.1) is 0 Å². The highest BCUT2D eigenvalue weighted by molar-refractivity contribution is 6.01. The molecule has 0 unspecified atom stereocenters. The molecule has 4 N–H and O–H groups in total. The Kier molecular flexibility index (Phi) is 3.84. The van der Waals surface area contributed by atoms with E-state index in [2.05, 4.69) is 5.32 Å². The lowest BCUT2D eigenvalue weighted by molar-refractivity contribution is -0.117. The van der Waals surface area contributed by atoms with Crippen LogP contribution in [-0.2, 0) is 11.2 Å². The molecule has 0 saturated heterocycles. The van der Waals surface area contributed by atoms with E-state index in [1.807, 2.05) is 25.1 Å². The monoisotopic (exact) mass is 249 g/mol. The molecule has 1 aromatic rings. The number of carbonyl (C=O) groups excluding carboxylic acids is 1. The average molecular weight is 249 g/mol. The fourth-order valence-electron chi connectivity index (χ4n) is 2.16. The quantitative estimate of drug-likeness (QED) is 0.702. The highest BCUT2D eigenvalue weighted by Gasteiger charge is 2.25. The van der Waals surface area contributed by atoms with E-state index in [0.29, 0.717) is 19.5 Å². The van der Waals surface area contributed by atoms with Crippen molar-refractivity contribution in [2.24, 2.45) is 5.73 Å². The van der Waals surface area contributed by atoms with Crippen LogP contribution in [0.2, 0.25) is 0 Å². The number of anilines is 2. The molecule has 0 bridgehead atoms. The van der Waals surface area contributed by atoms with Crippen molar-refractivity contribution in [2.75, 3.05) is 29.9 Å². The maximum Gasteiger partial charge on any atom is 0.231 e. The van der Waals surface area contributed by atoms with E-state index in [-0.39, 0.29) is 12.5 Å². The third kappa shape index (κ3) is 2.47. The SMILES string of the molecule is CCN1C(=O)Cc2cc(NC[C@H](O)CN)ccc21. The van der Waals surface area contributed by atoms with Crippen molar-refractivity contribution in [1.82, 2.24) is 0 Å². The zero-order chi connectivity index (χ0) is 13.1. The normalized spacial score (nSPS) is 15.7. The standard InChI is InChI=1S/C13H19N3O2/c1-2-16-12-4-3-10(15-8-11(17)7-14)5-9(12)6-13(16)18/h3-5,11,15,17H,2,6-8,14H2,1H3/t11-/m1/s1. The van der Waals surface area contributed by atoms with Gasteiger partial charge < -0.3 is 21.1 Å². The van der Waals surface area contributed by atoms with Gasteiger partial charge in [0.25, 0.3) is 0 Å². The summed E-state index contributed by atoms with van der Waals surface area (Å²) in [6.07, 6.45) is -0.0926. The number of hydrogen-bond donors (Lipinski definition) is 3. The zero-order valence-electron chi connectivity index (χ0n) is 10.5. The summed E-state index contributed by atoms with van der Waals surface area (Å²) < 4.78 is 0. The van der Waals surface area contributed by atoms with Crippen molar-refractivity contribution in [3.63, 3.8) is 0 Å². The first-order valence-electron chi connectivity index (χ1n) is 6.21. The van der Waals surface area contributed by atoms with Crippen LogP contribution >= 0.6 is 0 Å². The molecule has 18 heavy (non-hydrogen) atoms. The smallest absolute Gasteiger partial charge is 0.231 e. The number of hydrogen-bond acceptors (Lipinski definition) is 4. The number of aliphatic hydroxyl groups is 1. The third-order valence-electron chi connectivity index (χ3n) is 3.14. The highest BCUT2D eigenvalue weighted by Crippen LogP contribution is 2.30. The molecular weight excluding hydrogens is 230 g/mol. The molecule has 0 saturated carbocycles. The van der Waals surface area contributed by atoms with Gasteiger partial charge in [0.05, 0.1) is 12.5 Å². The van der Waals surface area contributed by atoms with Crippen molar-refractivity contribution in [1.29, 1.82) is 0 Å². The Morgan fingerprint density at radius 2 is 2.33 bits per heavy atom. The predicted octanol–water partition coefficient (Wildman–Crippen LogP) is 0.327. The number of rotatable bonds is 5. The van der Waals surface area contributed by atoms with Crippen LogP contribution in [0.4, 0.5) is 11.4 Å². The Hall–Kier alpha value is -1.59. The lowest BCUT2D eigenvalue weighted by Crippen LogP contribution is -2.27. The number of nitrogens with one attached hydrogen (secondary N) is 1. The van der Waals surface area contributed by atoms with E-state index in [9.17, 15) is 9.90 Å². The van der Waals surface area contributed by atoms with Crippen LogP contribution in [0.1, 0.15) is 12.5 Å². The second-order valence-electron chi connectivity index (χ2n) is 4.43. The average Bonchev–Trinajstić information content (AvgIpc) is 2.70. The molecule has 0 radical (unpaired) electrons. The van der Waals surface area contributed by atoms with E-state index in [4.69, 9.17) is 5.73 Å². The first-order valence-corrected chi connectivity index (χ1v) is 6.21. The molecule has 2 rings (SSSR count). The van der Waals surface area contributed by atoms with Crippen LogP contribution in [0.3, 0.4) is 0 Å². The number of fused-ring (bicyclic) bond motifs is 1. The molecule has 1 aliphatic rings. The second kappa shape index (κ2) is 5.37. The Morgan fingerprint density at radius 1 is 1.56 bits per heavy atom. The molecule has 0 spiro atoms. The van der Waals surface area contributed by atoms with Crippen LogP contribution in [0.15, 0.2) is 18.2 Å². The summed E-state index contributed by atoms with van der Waals surface area (Å²) in [5, 5.41) is 12.5. The Balaban J connectivity index is 2.10. The summed E-state index contributed by atoms with van der Waals surface area (Å²) >= 11 is 0. The first-order chi connectivity index (χ1) is 8.65. The van der Waals surface area contributed by atoms with Crippen molar-refractivity contribution in [2.45, 2.75) is 19.4 Å². The second-order valence-corrected chi connectivity index (χ2v) is 4.43. The topological polar surface area (TPSA) is 78.6 Å². The molecule has 0 aromatic heterocycles. The highest BCUT2D eigenvalue weighted by atomic mass is 16.3. The van der Waals surface area contributed by atoms with Gasteiger partial charge in [-0.1, -0.05) is 0 Å². The van der Waals surface area contributed by atoms with Gasteiger partial charge in [0.1, 0.15) is 0 Å². The van der Waals surface area contributed by atoms with E-state index >= 15 is 0 Å². The number of nitrogens with two attached hydrogens (primary N) is 1. The minimum Gasteiger partial charge on any atom is -0.390 e. The summed E-state index contributed by atoms with van der Waals surface area (Å²) in [6, 6.07) is 5.83. The maximum absolute atomic E-state index is 11.7. The van der Waals surface area contributed by atoms with Gasteiger partial charge >= 0.3 is 0 Å². The van der Waals surface area contributed by atoms with E-state index < -0.39 is 6.10 Å². The van der Waals surface area contributed by atoms with Crippen molar-refractivity contribution in [3.8, 4) is 0 Å². The van der Waals surface area contributed by atoms with E-state index in [0.717, 1.165) is 16.9 Å². The number of nitrogens with zero attached hydrogens (tertiary/aromatic N) is 1. The van der Waals surface area contributed by atoms with Gasteiger partial charge in [0.15, 0.2) is 0 Å². The molecule has 1 aromatic carbocycles. The molecule has 1 amide bonds. The molecule has 1 aliphatic heterocycles. The van der Waals surface area contributed by atoms with Gasteiger partial charge in [0, 0.05) is 31.0 Å². The van der Waals surface area contributed by atoms with Crippen LogP contribution in [0.25, 0.3) is 0 Å². The van der Waals surface area contributed by atoms with Crippen molar-refractivity contribution in [3.05, 3.63) is 23.8 Å². The summed E-state index contributed by atoms with van der Waals surface area (Å²) in [5.41, 5.74) is 8.28. The molecule has 1 atom stereocenters. The Bertz CT molecular complexity index is 448. The number of benzene rings is 1.